The third-order valence-corrected chi connectivity index (χ3v) is 3.33. The Morgan fingerprint density at radius 2 is 2.00 bits per heavy atom. The molecule has 3 nitrogen and oxygen atoms in total. The summed E-state index contributed by atoms with van der Waals surface area (Å²) in [6.07, 6.45) is 3.58. The number of aryl methyl sites for hydroxylation is 1. The van der Waals surface area contributed by atoms with Gasteiger partial charge in [0, 0.05) is 12.4 Å². The number of hydrogen-bond donors (Lipinski definition) is 0. The smallest absolute Gasteiger partial charge is 0.111 e. The largest absolute Gasteiger partial charge is 0.295 e. The summed E-state index contributed by atoms with van der Waals surface area (Å²) in [5.74, 6) is 0.970. The third-order valence-electron chi connectivity index (χ3n) is 2.72. The Bertz CT molecular complexity index is 688. The maximum Gasteiger partial charge on any atom is 0.111 e. The van der Waals surface area contributed by atoms with E-state index in [1.807, 2.05) is 31.2 Å². The Morgan fingerprint density at radius 3 is 2.82 bits per heavy atom. The van der Waals surface area contributed by atoms with E-state index >= 15 is 0 Å². The van der Waals surface area contributed by atoms with Gasteiger partial charge in [0.15, 0.2) is 0 Å². The van der Waals surface area contributed by atoms with Crippen LogP contribution in [0.3, 0.4) is 0 Å². The van der Waals surface area contributed by atoms with Crippen LogP contribution in [-0.4, -0.2) is 14.5 Å². The van der Waals surface area contributed by atoms with E-state index in [1.54, 1.807) is 12.4 Å². The molecule has 0 fully saturated rings. The van der Waals surface area contributed by atoms with E-state index in [9.17, 15) is 0 Å². The molecule has 2 heterocycles. The van der Waals surface area contributed by atoms with Gasteiger partial charge < -0.3 is 0 Å². The van der Waals surface area contributed by atoms with Crippen LogP contribution in [0.1, 0.15) is 5.82 Å². The minimum Gasteiger partial charge on any atom is -0.295 e. The maximum absolute atomic E-state index is 4.55. The molecule has 1 aromatic carbocycles. The zero-order chi connectivity index (χ0) is 11.8. The van der Waals surface area contributed by atoms with E-state index in [-0.39, 0.29) is 0 Å². The van der Waals surface area contributed by atoms with Crippen molar-refractivity contribution in [3.8, 4) is 5.69 Å². The van der Waals surface area contributed by atoms with Crippen molar-refractivity contribution in [2.45, 2.75) is 6.92 Å². The van der Waals surface area contributed by atoms with Crippen molar-refractivity contribution in [3.05, 3.63) is 53.0 Å². The topological polar surface area (TPSA) is 30.7 Å². The molecule has 3 aromatic rings. The number of benzene rings is 1. The molecule has 0 aliphatic heterocycles. The minimum absolute atomic E-state index is 0.964. The fraction of sp³-hybridized carbons (Fsp3) is 0.0769. The van der Waals surface area contributed by atoms with Gasteiger partial charge in [0.2, 0.25) is 0 Å². The molecule has 0 amide bonds. The van der Waals surface area contributed by atoms with Crippen LogP contribution in [-0.2, 0) is 0 Å². The van der Waals surface area contributed by atoms with Gasteiger partial charge in [-0.3, -0.25) is 9.55 Å². The molecule has 0 unspecified atom stereocenters. The number of pyridine rings is 1. The van der Waals surface area contributed by atoms with Crippen molar-refractivity contribution >= 4 is 27.0 Å². The van der Waals surface area contributed by atoms with Gasteiger partial charge >= 0.3 is 0 Å². The van der Waals surface area contributed by atoms with E-state index in [0.29, 0.717) is 0 Å². The number of para-hydroxylation sites is 2. The molecule has 0 bridgehead atoms. The molecule has 0 saturated carbocycles. The summed E-state index contributed by atoms with van der Waals surface area (Å²) in [6.45, 7) is 2.01. The first kappa shape index (κ1) is 10.5. The lowest BCUT2D eigenvalue weighted by Crippen LogP contribution is -1.98. The Hall–Kier alpha value is -1.68. The van der Waals surface area contributed by atoms with E-state index in [4.69, 9.17) is 0 Å². The second kappa shape index (κ2) is 3.96. The van der Waals surface area contributed by atoms with E-state index in [2.05, 4.69) is 36.5 Å². The molecular formula is C13H10BrN3. The predicted molar refractivity (Wildman–Crippen MR) is 71.3 cm³/mol. The molecule has 17 heavy (non-hydrogen) atoms. The highest BCUT2D eigenvalue weighted by molar-refractivity contribution is 9.10. The maximum atomic E-state index is 4.55. The summed E-state index contributed by atoms with van der Waals surface area (Å²) in [6, 6.07) is 10.1. The molecule has 0 saturated heterocycles. The molecule has 84 valence electrons. The molecule has 0 aliphatic carbocycles. The predicted octanol–water partition coefficient (Wildman–Crippen LogP) is 3.49. The fourth-order valence-electron chi connectivity index (χ4n) is 2.00. The second-order valence-corrected chi connectivity index (χ2v) is 4.66. The van der Waals surface area contributed by atoms with Gasteiger partial charge in [-0.25, -0.2) is 4.98 Å². The summed E-state index contributed by atoms with van der Waals surface area (Å²) < 4.78 is 3.09. The number of fused-ring (bicyclic) bond motifs is 1. The van der Waals surface area contributed by atoms with Crippen LogP contribution in [0.15, 0.2) is 47.2 Å². The first-order chi connectivity index (χ1) is 8.27. The van der Waals surface area contributed by atoms with Crippen molar-refractivity contribution in [2.75, 3.05) is 0 Å². The van der Waals surface area contributed by atoms with Gasteiger partial charge in [0.1, 0.15) is 5.82 Å². The van der Waals surface area contributed by atoms with E-state index in [0.717, 1.165) is 27.0 Å². The number of hydrogen-bond acceptors (Lipinski definition) is 2. The Balaban J connectivity index is 2.38. The van der Waals surface area contributed by atoms with Crippen molar-refractivity contribution in [1.29, 1.82) is 0 Å². The fourth-order valence-corrected chi connectivity index (χ4v) is 2.43. The number of imidazole rings is 1. The van der Waals surface area contributed by atoms with Crippen LogP contribution in [0.2, 0.25) is 0 Å². The van der Waals surface area contributed by atoms with Gasteiger partial charge in [-0.1, -0.05) is 12.1 Å². The van der Waals surface area contributed by atoms with Crippen molar-refractivity contribution in [1.82, 2.24) is 14.5 Å². The highest BCUT2D eigenvalue weighted by Crippen LogP contribution is 2.25. The van der Waals surface area contributed by atoms with Gasteiger partial charge in [-0.05, 0) is 41.1 Å². The standard InChI is InChI=1S/C13H10BrN3/c1-9-16-11-4-2-3-5-13(11)17(9)12-6-7-15-8-10(12)14/h2-8H,1H3. The van der Waals surface area contributed by atoms with Crippen molar-refractivity contribution in [3.63, 3.8) is 0 Å². The summed E-state index contributed by atoms with van der Waals surface area (Å²) in [7, 11) is 0. The average Bonchev–Trinajstić information content (AvgIpc) is 2.66. The van der Waals surface area contributed by atoms with E-state index < -0.39 is 0 Å². The summed E-state index contributed by atoms with van der Waals surface area (Å²) in [4.78, 5) is 8.64. The number of halogens is 1. The van der Waals surface area contributed by atoms with Crippen LogP contribution in [0.4, 0.5) is 0 Å². The molecule has 4 heteroatoms. The molecule has 0 N–H and O–H groups in total. The van der Waals surface area contributed by atoms with Crippen LogP contribution in [0.5, 0.6) is 0 Å². The van der Waals surface area contributed by atoms with Crippen LogP contribution in [0.25, 0.3) is 16.7 Å². The third kappa shape index (κ3) is 1.65. The second-order valence-electron chi connectivity index (χ2n) is 3.81. The lowest BCUT2D eigenvalue weighted by molar-refractivity contribution is 0.989. The Morgan fingerprint density at radius 1 is 1.18 bits per heavy atom. The van der Waals surface area contributed by atoms with Crippen LogP contribution < -0.4 is 0 Å². The lowest BCUT2D eigenvalue weighted by atomic mass is 10.3. The van der Waals surface area contributed by atoms with E-state index in [1.165, 1.54) is 0 Å². The molecule has 0 spiro atoms. The number of aromatic nitrogens is 3. The first-order valence-electron chi connectivity index (χ1n) is 5.31. The average molecular weight is 288 g/mol. The normalized spacial score (nSPS) is 10.9. The molecule has 0 radical (unpaired) electrons. The SMILES string of the molecule is Cc1nc2ccccc2n1-c1ccncc1Br. The molecule has 2 aromatic heterocycles. The molecule has 3 rings (SSSR count). The monoisotopic (exact) mass is 287 g/mol. The first-order valence-corrected chi connectivity index (χ1v) is 6.10. The summed E-state index contributed by atoms with van der Waals surface area (Å²) in [5.41, 5.74) is 3.18. The van der Waals surface area contributed by atoms with Gasteiger partial charge in [0.25, 0.3) is 0 Å². The highest BCUT2D eigenvalue weighted by atomic mass is 79.9. The number of nitrogens with zero attached hydrogens (tertiary/aromatic N) is 3. The van der Waals surface area contributed by atoms with Crippen molar-refractivity contribution < 1.29 is 0 Å². The Labute approximate surface area is 107 Å². The summed E-state index contributed by atoms with van der Waals surface area (Å²) in [5, 5.41) is 0. The van der Waals surface area contributed by atoms with Gasteiger partial charge in [0.05, 0.1) is 21.2 Å². The molecular weight excluding hydrogens is 278 g/mol. The van der Waals surface area contributed by atoms with Crippen LogP contribution >= 0.6 is 15.9 Å². The highest BCUT2D eigenvalue weighted by Gasteiger charge is 2.10. The lowest BCUT2D eigenvalue weighted by Gasteiger charge is -2.08. The number of rotatable bonds is 1. The van der Waals surface area contributed by atoms with Gasteiger partial charge in [-0.2, -0.15) is 0 Å². The zero-order valence-corrected chi connectivity index (χ0v) is 10.8. The van der Waals surface area contributed by atoms with Gasteiger partial charge in [-0.15, -0.1) is 0 Å². The van der Waals surface area contributed by atoms with Crippen molar-refractivity contribution in [2.24, 2.45) is 0 Å². The van der Waals surface area contributed by atoms with Crippen LogP contribution in [0, 0.1) is 6.92 Å². The molecule has 0 aliphatic rings. The molecule has 0 atom stereocenters. The summed E-state index contributed by atoms with van der Waals surface area (Å²) >= 11 is 3.53. The minimum atomic E-state index is 0.964. The quantitative estimate of drug-likeness (QED) is 0.686. The zero-order valence-electron chi connectivity index (χ0n) is 9.26. The Kier molecular flexibility index (Phi) is 2.44.